The molecule has 7 unspecified atom stereocenters. The maximum Gasteiger partial charge on any atom is 0.0578 e. The van der Waals surface area contributed by atoms with E-state index in [1.165, 1.54) is 57.8 Å². The molecule has 0 saturated heterocycles. The molecule has 164 valence electrons. The van der Waals surface area contributed by atoms with Gasteiger partial charge in [0.15, 0.2) is 0 Å². The quantitative estimate of drug-likeness (QED) is 0.546. The summed E-state index contributed by atoms with van der Waals surface area (Å²) in [6.45, 7) is 10.6. The molecule has 5 rings (SSSR count). The lowest BCUT2D eigenvalue weighted by molar-refractivity contribution is -0.129. The molecule has 5 fully saturated rings. The fourth-order valence-corrected chi connectivity index (χ4v) is 8.86. The van der Waals surface area contributed by atoms with Crippen molar-refractivity contribution in [1.82, 2.24) is 0 Å². The molecule has 5 saturated carbocycles. The van der Waals surface area contributed by atoms with E-state index in [1.807, 2.05) is 0 Å². The number of rotatable bonds is 3. The minimum atomic E-state index is -0.0498. The second-order valence-electron chi connectivity index (χ2n) is 12.2. The van der Waals surface area contributed by atoms with Crippen LogP contribution in [0.1, 0.15) is 97.3 Å². The van der Waals surface area contributed by atoms with Gasteiger partial charge < -0.3 is 9.84 Å². The van der Waals surface area contributed by atoms with Gasteiger partial charge in [-0.3, -0.25) is 0 Å². The van der Waals surface area contributed by atoms with Crippen molar-refractivity contribution < 1.29 is 9.84 Å². The zero-order valence-electron chi connectivity index (χ0n) is 19.0. The molecule has 0 aliphatic heterocycles. The number of aliphatic hydroxyl groups is 1. The van der Waals surface area contributed by atoms with Crippen LogP contribution < -0.4 is 0 Å². The summed E-state index contributed by atoms with van der Waals surface area (Å²) in [7, 11) is 0. The van der Waals surface area contributed by atoms with E-state index in [9.17, 15) is 5.11 Å². The van der Waals surface area contributed by atoms with Crippen LogP contribution in [0.2, 0.25) is 0 Å². The molecule has 0 aromatic carbocycles. The lowest BCUT2D eigenvalue weighted by Crippen LogP contribution is -2.53. The molecule has 29 heavy (non-hydrogen) atoms. The molecule has 2 heteroatoms. The van der Waals surface area contributed by atoms with Gasteiger partial charge in [-0.25, -0.2) is 0 Å². The third-order valence-corrected chi connectivity index (χ3v) is 11.0. The van der Waals surface area contributed by atoms with Crippen LogP contribution in [-0.4, -0.2) is 23.9 Å². The first-order valence-corrected chi connectivity index (χ1v) is 12.9. The van der Waals surface area contributed by atoms with Crippen LogP contribution in [0.5, 0.6) is 0 Å². The molecule has 7 atom stereocenters. The SMILES string of the molecule is C=C1CCC2C3CCC4CC(OCC5CCC(O)CC5)CCC4(C)C3CCC12C. The normalized spacial score (nSPS) is 52.5. The summed E-state index contributed by atoms with van der Waals surface area (Å²) in [6.07, 6.45) is 17.1. The maximum atomic E-state index is 9.74. The standard InChI is InChI=1S/C27H44O2/c1-18-4-11-24-23-10-7-20-16-22(29-17-19-5-8-21(28)9-6-19)12-14-27(20,3)25(23)13-15-26(18,24)2/h19-25,28H,1,4-17H2,2-3H3. The first-order valence-electron chi connectivity index (χ1n) is 12.9. The minimum Gasteiger partial charge on any atom is -0.393 e. The van der Waals surface area contributed by atoms with Crippen LogP contribution in [0.3, 0.4) is 0 Å². The van der Waals surface area contributed by atoms with Gasteiger partial charge in [-0.15, -0.1) is 0 Å². The Kier molecular flexibility index (Phi) is 5.43. The summed E-state index contributed by atoms with van der Waals surface area (Å²) in [5.41, 5.74) is 2.59. The predicted octanol–water partition coefficient (Wildman–Crippen LogP) is 6.52. The van der Waals surface area contributed by atoms with Crippen molar-refractivity contribution in [3.63, 3.8) is 0 Å². The Morgan fingerprint density at radius 3 is 2.52 bits per heavy atom. The number of hydrogen-bond donors (Lipinski definition) is 1. The summed E-state index contributed by atoms with van der Waals surface area (Å²) >= 11 is 0. The smallest absolute Gasteiger partial charge is 0.0578 e. The number of allylic oxidation sites excluding steroid dienone is 1. The molecule has 2 nitrogen and oxygen atoms in total. The van der Waals surface area contributed by atoms with Gasteiger partial charge in [0.1, 0.15) is 0 Å². The predicted molar refractivity (Wildman–Crippen MR) is 119 cm³/mol. The van der Waals surface area contributed by atoms with E-state index in [0.29, 0.717) is 22.9 Å². The van der Waals surface area contributed by atoms with Crippen molar-refractivity contribution in [3.8, 4) is 0 Å². The van der Waals surface area contributed by atoms with Gasteiger partial charge in [0.05, 0.1) is 12.2 Å². The molecule has 0 heterocycles. The maximum absolute atomic E-state index is 9.74. The van der Waals surface area contributed by atoms with E-state index in [2.05, 4.69) is 20.4 Å². The molecule has 0 aromatic rings. The van der Waals surface area contributed by atoms with Crippen molar-refractivity contribution >= 4 is 0 Å². The average Bonchev–Trinajstić information content (AvgIpc) is 3.02. The molecule has 1 N–H and O–H groups in total. The fraction of sp³-hybridized carbons (Fsp3) is 0.926. The van der Waals surface area contributed by atoms with E-state index in [4.69, 9.17) is 4.74 Å². The van der Waals surface area contributed by atoms with Crippen LogP contribution in [0.15, 0.2) is 12.2 Å². The number of fused-ring (bicyclic) bond motifs is 5. The number of aliphatic hydroxyl groups excluding tert-OH is 1. The lowest BCUT2D eigenvalue weighted by atomic mass is 9.45. The van der Waals surface area contributed by atoms with Crippen LogP contribution >= 0.6 is 0 Å². The van der Waals surface area contributed by atoms with E-state index in [-0.39, 0.29) is 6.10 Å². The third kappa shape index (κ3) is 3.45. The van der Waals surface area contributed by atoms with E-state index in [0.717, 1.165) is 56.0 Å². The van der Waals surface area contributed by atoms with Gasteiger partial charge in [0.2, 0.25) is 0 Å². The Morgan fingerprint density at radius 1 is 0.931 bits per heavy atom. The Morgan fingerprint density at radius 2 is 1.72 bits per heavy atom. The Labute approximate surface area is 178 Å². The van der Waals surface area contributed by atoms with Gasteiger partial charge in [-0.05, 0) is 124 Å². The summed E-state index contributed by atoms with van der Waals surface area (Å²) in [5, 5.41) is 9.74. The molecular weight excluding hydrogens is 356 g/mol. The number of ether oxygens (including phenoxy) is 1. The van der Waals surface area contributed by atoms with E-state index >= 15 is 0 Å². The Bertz CT molecular complexity index is 620. The molecule has 0 bridgehead atoms. The van der Waals surface area contributed by atoms with Crippen molar-refractivity contribution in [1.29, 1.82) is 0 Å². The third-order valence-electron chi connectivity index (χ3n) is 11.0. The largest absolute Gasteiger partial charge is 0.393 e. The van der Waals surface area contributed by atoms with Crippen LogP contribution in [0.4, 0.5) is 0 Å². The molecule has 0 aromatic heterocycles. The van der Waals surface area contributed by atoms with Crippen LogP contribution in [-0.2, 0) is 4.74 Å². The highest BCUT2D eigenvalue weighted by Gasteiger charge is 2.58. The first-order chi connectivity index (χ1) is 13.9. The molecule has 0 radical (unpaired) electrons. The van der Waals surface area contributed by atoms with Crippen LogP contribution in [0, 0.1) is 40.4 Å². The molecular formula is C27H44O2. The van der Waals surface area contributed by atoms with Gasteiger partial charge in [0.25, 0.3) is 0 Å². The second-order valence-corrected chi connectivity index (χ2v) is 12.2. The summed E-state index contributed by atoms with van der Waals surface area (Å²) in [5.74, 6) is 4.40. The zero-order chi connectivity index (χ0) is 20.2. The van der Waals surface area contributed by atoms with E-state index < -0.39 is 0 Å². The highest BCUT2D eigenvalue weighted by molar-refractivity contribution is 5.21. The summed E-state index contributed by atoms with van der Waals surface area (Å²) < 4.78 is 6.49. The topological polar surface area (TPSA) is 29.5 Å². The highest BCUT2D eigenvalue weighted by atomic mass is 16.5. The molecule has 5 aliphatic carbocycles. The van der Waals surface area contributed by atoms with Crippen molar-refractivity contribution in [2.45, 2.75) is 110 Å². The first kappa shape index (κ1) is 20.6. The zero-order valence-corrected chi connectivity index (χ0v) is 19.0. The van der Waals surface area contributed by atoms with Gasteiger partial charge in [-0.2, -0.15) is 0 Å². The van der Waals surface area contributed by atoms with Gasteiger partial charge in [0, 0.05) is 6.61 Å². The van der Waals surface area contributed by atoms with Crippen molar-refractivity contribution in [2.24, 2.45) is 40.4 Å². The van der Waals surface area contributed by atoms with Crippen molar-refractivity contribution in [3.05, 3.63) is 12.2 Å². The van der Waals surface area contributed by atoms with E-state index in [1.54, 1.807) is 5.57 Å². The average molecular weight is 401 g/mol. The highest BCUT2D eigenvalue weighted by Crippen LogP contribution is 2.67. The monoisotopic (exact) mass is 400 g/mol. The summed E-state index contributed by atoms with van der Waals surface area (Å²) in [4.78, 5) is 0. The fourth-order valence-electron chi connectivity index (χ4n) is 8.86. The van der Waals surface area contributed by atoms with Gasteiger partial charge >= 0.3 is 0 Å². The number of hydrogen-bond acceptors (Lipinski definition) is 2. The molecule has 0 spiro atoms. The van der Waals surface area contributed by atoms with Crippen LogP contribution in [0.25, 0.3) is 0 Å². The van der Waals surface area contributed by atoms with Gasteiger partial charge in [-0.1, -0.05) is 26.0 Å². The Hall–Kier alpha value is -0.340. The summed E-state index contributed by atoms with van der Waals surface area (Å²) in [6, 6.07) is 0. The molecule has 5 aliphatic rings. The second kappa shape index (κ2) is 7.66. The van der Waals surface area contributed by atoms with Crippen molar-refractivity contribution in [2.75, 3.05) is 6.61 Å². The lowest BCUT2D eigenvalue weighted by Gasteiger charge is -2.60. The Balaban J connectivity index is 1.20. The minimum absolute atomic E-state index is 0.0498. The molecule has 0 amide bonds.